The summed E-state index contributed by atoms with van der Waals surface area (Å²) in [5.74, 6) is 0.0266. The summed E-state index contributed by atoms with van der Waals surface area (Å²) in [5.41, 5.74) is 1.30. The van der Waals surface area contributed by atoms with Crippen molar-refractivity contribution in [3.05, 3.63) is 23.8 Å². The van der Waals surface area contributed by atoms with Crippen LogP contribution in [0.1, 0.15) is 13.3 Å². The maximum absolute atomic E-state index is 8.46. The maximum atomic E-state index is 8.46. The zero-order valence-corrected chi connectivity index (χ0v) is 5.46. The highest BCUT2D eigenvalue weighted by molar-refractivity contribution is 5.21. The van der Waals surface area contributed by atoms with Crippen LogP contribution in [0.5, 0.6) is 0 Å². The number of allylic oxidation sites excluding steroid dienone is 4. The number of nitrogens with zero attached hydrogens (tertiary/aromatic N) is 1. The van der Waals surface area contributed by atoms with Gasteiger partial charge in [-0.2, -0.15) is 5.26 Å². The number of hydrogen-bond donors (Lipinski definition) is 0. The third kappa shape index (κ3) is 1.43. The van der Waals surface area contributed by atoms with E-state index >= 15 is 0 Å². The van der Waals surface area contributed by atoms with E-state index in [1.807, 2.05) is 25.2 Å². The average molecular weight is 119 g/mol. The molecule has 0 saturated heterocycles. The molecule has 1 nitrogen and oxygen atoms in total. The zero-order chi connectivity index (χ0) is 6.69. The number of rotatable bonds is 0. The van der Waals surface area contributed by atoms with Crippen LogP contribution in [0.25, 0.3) is 0 Å². The molecule has 0 radical (unpaired) electrons. The predicted octanol–water partition coefficient (Wildman–Crippen LogP) is 2.03. The molecule has 0 saturated carbocycles. The Kier molecular flexibility index (Phi) is 1.69. The van der Waals surface area contributed by atoms with Crippen LogP contribution in [0.4, 0.5) is 0 Å². The lowest BCUT2D eigenvalue weighted by Crippen LogP contribution is -1.92. The molecule has 0 fully saturated rings. The van der Waals surface area contributed by atoms with Crippen molar-refractivity contribution < 1.29 is 0 Å². The third-order valence-electron chi connectivity index (χ3n) is 1.40. The van der Waals surface area contributed by atoms with Crippen LogP contribution in [0, 0.1) is 17.2 Å². The molecule has 46 valence electrons. The molecule has 1 rings (SSSR count). The molecule has 0 N–H and O–H groups in total. The van der Waals surface area contributed by atoms with Crippen molar-refractivity contribution in [3.8, 4) is 6.07 Å². The van der Waals surface area contributed by atoms with Crippen LogP contribution >= 0.6 is 0 Å². The van der Waals surface area contributed by atoms with Gasteiger partial charge in [0.05, 0.1) is 12.0 Å². The summed E-state index contributed by atoms with van der Waals surface area (Å²) >= 11 is 0. The molecule has 0 amide bonds. The predicted molar refractivity (Wildman–Crippen MR) is 36.6 cm³/mol. The molecule has 1 atom stereocenters. The molecule has 9 heavy (non-hydrogen) atoms. The molecule has 1 heteroatoms. The Morgan fingerprint density at radius 2 is 2.56 bits per heavy atom. The third-order valence-corrected chi connectivity index (χ3v) is 1.40. The standard InChI is InChI=1S/C8H9N/c1-7-3-2-4-8(5-7)6-9/h2,4-5,8H,3H2,1H3. The molecule has 0 bridgehead atoms. The van der Waals surface area contributed by atoms with Crippen molar-refractivity contribution in [2.45, 2.75) is 13.3 Å². The normalized spacial score (nSPS) is 24.9. The van der Waals surface area contributed by atoms with E-state index in [-0.39, 0.29) is 5.92 Å². The van der Waals surface area contributed by atoms with E-state index in [0.717, 1.165) is 6.42 Å². The fourth-order valence-corrected chi connectivity index (χ4v) is 0.911. The minimum atomic E-state index is 0.0266. The summed E-state index contributed by atoms with van der Waals surface area (Å²) in [6, 6.07) is 2.17. The molecule has 1 aliphatic rings. The van der Waals surface area contributed by atoms with Gasteiger partial charge in [0.25, 0.3) is 0 Å². The first kappa shape index (κ1) is 6.10. The van der Waals surface area contributed by atoms with Gasteiger partial charge in [0.15, 0.2) is 0 Å². The van der Waals surface area contributed by atoms with Crippen molar-refractivity contribution >= 4 is 0 Å². The van der Waals surface area contributed by atoms with Gasteiger partial charge < -0.3 is 0 Å². The fourth-order valence-electron chi connectivity index (χ4n) is 0.911. The Bertz CT molecular complexity index is 193. The molecule has 0 heterocycles. The van der Waals surface area contributed by atoms with Gasteiger partial charge in [-0.1, -0.05) is 23.8 Å². The lowest BCUT2D eigenvalue weighted by molar-refractivity contribution is 0.986. The molecular weight excluding hydrogens is 110 g/mol. The SMILES string of the molecule is CC1=CC(C#N)C=CC1. The van der Waals surface area contributed by atoms with E-state index in [9.17, 15) is 0 Å². The van der Waals surface area contributed by atoms with E-state index in [1.165, 1.54) is 5.57 Å². The van der Waals surface area contributed by atoms with Crippen molar-refractivity contribution in [1.29, 1.82) is 5.26 Å². The fraction of sp³-hybridized carbons (Fsp3) is 0.375. The Balaban J connectivity index is 2.69. The maximum Gasteiger partial charge on any atom is 0.0827 e. The van der Waals surface area contributed by atoms with Crippen LogP contribution in [0.2, 0.25) is 0 Å². The first-order valence-corrected chi connectivity index (χ1v) is 3.06. The second-order valence-electron chi connectivity index (χ2n) is 2.30. The summed E-state index contributed by atoms with van der Waals surface area (Å²) in [6.45, 7) is 2.05. The second-order valence-corrected chi connectivity index (χ2v) is 2.30. The van der Waals surface area contributed by atoms with Crippen molar-refractivity contribution in [1.82, 2.24) is 0 Å². The van der Waals surface area contributed by atoms with Gasteiger partial charge in [-0.3, -0.25) is 0 Å². The minimum Gasteiger partial charge on any atom is -0.197 e. The van der Waals surface area contributed by atoms with E-state index in [4.69, 9.17) is 5.26 Å². The van der Waals surface area contributed by atoms with Gasteiger partial charge in [-0.15, -0.1) is 0 Å². The van der Waals surface area contributed by atoms with E-state index in [0.29, 0.717) is 0 Å². The Morgan fingerprint density at radius 3 is 3.00 bits per heavy atom. The van der Waals surface area contributed by atoms with Gasteiger partial charge in [0.1, 0.15) is 0 Å². The summed E-state index contributed by atoms with van der Waals surface area (Å²) in [6.07, 6.45) is 6.99. The zero-order valence-electron chi connectivity index (χ0n) is 5.46. The largest absolute Gasteiger partial charge is 0.197 e. The molecule has 1 unspecified atom stereocenters. The number of hydrogen-bond acceptors (Lipinski definition) is 1. The average Bonchev–Trinajstić information content (AvgIpc) is 1.88. The van der Waals surface area contributed by atoms with E-state index < -0.39 is 0 Å². The van der Waals surface area contributed by atoms with Crippen LogP contribution in [-0.4, -0.2) is 0 Å². The highest BCUT2D eigenvalue weighted by Gasteiger charge is 2.01. The lowest BCUT2D eigenvalue weighted by atomic mass is 10.00. The topological polar surface area (TPSA) is 23.8 Å². The monoisotopic (exact) mass is 119 g/mol. The highest BCUT2D eigenvalue weighted by atomic mass is 14.3. The molecule has 0 aromatic carbocycles. The van der Waals surface area contributed by atoms with Gasteiger partial charge in [0, 0.05) is 0 Å². The quantitative estimate of drug-likeness (QED) is 0.447. The minimum absolute atomic E-state index is 0.0266. The lowest BCUT2D eigenvalue weighted by Gasteiger charge is -2.04. The first-order chi connectivity index (χ1) is 4.33. The Hall–Kier alpha value is -1.03. The van der Waals surface area contributed by atoms with E-state index in [1.54, 1.807) is 0 Å². The summed E-state index contributed by atoms with van der Waals surface area (Å²) < 4.78 is 0. The molecule has 0 aromatic heterocycles. The van der Waals surface area contributed by atoms with Crippen molar-refractivity contribution in [2.24, 2.45) is 5.92 Å². The molecule has 0 spiro atoms. The van der Waals surface area contributed by atoms with Gasteiger partial charge in [-0.25, -0.2) is 0 Å². The van der Waals surface area contributed by atoms with Gasteiger partial charge >= 0.3 is 0 Å². The summed E-state index contributed by atoms with van der Waals surface area (Å²) in [4.78, 5) is 0. The smallest absolute Gasteiger partial charge is 0.0827 e. The van der Waals surface area contributed by atoms with Gasteiger partial charge in [-0.05, 0) is 13.3 Å². The molecule has 0 aliphatic heterocycles. The molecular formula is C8H9N. The van der Waals surface area contributed by atoms with E-state index in [2.05, 4.69) is 6.07 Å². The Morgan fingerprint density at radius 1 is 1.78 bits per heavy atom. The Labute approximate surface area is 55.3 Å². The van der Waals surface area contributed by atoms with Crippen LogP contribution in [0.15, 0.2) is 23.8 Å². The second kappa shape index (κ2) is 2.50. The van der Waals surface area contributed by atoms with Crippen molar-refractivity contribution in [2.75, 3.05) is 0 Å². The van der Waals surface area contributed by atoms with Crippen LogP contribution in [0.3, 0.4) is 0 Å². The first-order valence-electron chi connectivity index (χ1n) is 3.06. The molecule has 1 aliphatic carbocycles. The van der Waals surface area contributed by atoms with Crippen LogP contribution in [-0.2, 0) is 0 Å². The van der Waals surface area contributed by atoms with Crippen molar-refractivity contribution in [3.63, 3.8) is 0 Å². The summed E-state index contributed by atoms with van der Waals surface area (Å²) in [7, 11) is 0. The van der Waals surface area contributed by atoms with Crippen LogP contribution < -0.4 is 0 Å². The number of nitriles is 1. The highest BCUT2D eigenvalue weighted by Crippen LogP contribution is 2.13. The molecule has 0 aromatic rings. The van der Waals surface area contributed by atoms with Gasteiger partial charge in [0.2, 0.25) is 0 Å². The summed E-state index contributed by atoms with van der Waals surface area (Å²) in [5, 5.41) is 8.46.